The highest BCUT2D eigenvalue weighted by Crippen LogP contribution is 2.29. The zero-order valence-corrected chi connectivity index (χ0v) is 15.4. The number of nitrogens with zero attached hydrogens (tertiary/aromatic N) is 2. The predicted molar refractivity (Wildman–Crippen MR) is 98.7 cm³/mol. The maximum Gasteiger partial charge on any atom is 0.227 e. The Kier molecular flexibility index (Phi) is 5.16. The van der Waals surface area contributed by atoms with Gasteiger partial charge >= 0.3 is 0 Å². The van der Waals surface area contributed by atoms with Crippen molar-refractivity contribution < 1.29 is 14.3 Å². The van der Waals surface area contributed by atoms with Crippen LogP contribution in [-0.4, -0.2) is 60.1 Å². The van der Waals surface area contributed by atoms with E-state index in [-0.39, 0.29) is 17.9 Å². The summed E-state index contributed by atoms with van der Waals surface area (Å²) in [5, 5.41) is 10.1. The van der Waals surface area contributed by atoms with Gasteiger partial charge in [0.05, 0.1) is 19.3 Å². The maximum absolute atomic E-state index is 12.7. The van der Waals surface area contributed by atoms with Crippen molar-refractivity contribution in [3.63, 3.8) is 0 Å². The topological polar surface area (TPSA) is 56.9 Å². The summed E-state index contributed by atoms with van der Waals surface area (Å²) in [6, 6.07) is 6.25. The molecule has 1 aliphatic heterocycles. The molecule has 25 heavy (non-hydrogen) atoms. The summed E-state index contributed by atoms with van der Waals surface area (Å²) < 4.78 is 5.65. The van der Waals surface area contributed by atoms with Crippen molar-refractivity contribution in [1.29, 1.82) is 0 Å². The molecule has 1 N–H and O–H groups in total. The van der Waals surface area contributed by atoms with E-state index in [1.807, 2.05) is 11.0 Å². The number of amides is 1. The van der Waals surface area contributed by atoms with Crippen molar-refractivity contribution in [2.75, 3.05) is 39.3 Å². The highest BCUT2D eigenvalue weighted by Gasteiger charge is 2.22. The number of hydrogen-bond acceptors (Lipinski definition) is 4. The molecule has 0 aliphatic carbocycles. The van der Waals surface area contributed by atoms with Gasteiger partial charge in [-0.3, -0.25) is 9.69 Å². The van der Waals surface area contributed by atoms with Crippen LogP contribution in [-0.2, 0) is 16.6 Å². The second kappa shape index (κ2) is 7.18. The van der Waals surface area contributed by atoms with Gasteiger partial charge in [-0.1, -0.05) is 26.8 Å². The predicted octanol–water partition coefficient (Wildman–Crippen LogP) is 2.41. The molecule has 1 aromatic heterocycles. The van der Waals surface area contributed by atoms with Gasteiger partial charge in [-0.2, -0.15) is 0 Å². The Balaban J connectivity index is 1.71. The van der Waals surface area contributed by atoms with Crippen LogP contribution in [0.15, 0.2) is 28.9 Å². The Bertz CT molecular complexity index is 737. The molecule has 1 amide bonds. The standard InChI is InChI=1S/C20H28N2O3/c1-20(2,3)16-4-5-18-17(13-16)15(14-25-18)12-19(24)22-8-6-21(7-9-22)10-11-23/h4-5,13-14,23H,6-12H2,1-3H3. The van der Waals surface area contributed by atoms with Crippen LogP contribution >= 0.6 is 0 Å². The van der Waals surface area contributed by atoms with E-state index < -0.39 is 0 Å². The second-order valence-electron chi connectivity index (χ2n) is 7.84. The van der Waals surface area contributed by atoms with Crippen LogP contribution in [0.4, 0.5) is 0 Å². The number of hydrogen-bond donors (Lipinski definition) is 1. The number of rotatable bonds is 4. The number of carbonyl (C=O) groups is 1. The van der Waals surface area contributed by atoms with E-state index in [1.54, 1.807) is 6.26 Å². The van der Waals surface area contributed by atoms with Gasteiger partial charge in [-0.15, -0.1) is 0 Å². The highest BCUT2D eigenvalue weighted by atomic mass is 16.3. The molecule has 2 heterocycles. The lowest BCUT2D eigenvalue weighted by Crippen LogP contribution is -2.49. The van der Waals surface area contributed by atoms with Crippen LogP contribution in [0.25, 0.3) is 11.0 Å². The van der Waals surface area contributed by atoms with Crippen molar-refractivity contribution in [2.24, 2.45) is 0 Å². The number of β-amino-alcohol motifs (C(OH)–C–C–N with tert-alkyl or cyclic N) is 1. The van der Waals surface area contributed by atoms with E-state index in [0.29, 0.717) is 13.0 Å². The van der Waals surface area contributed by atoms with Crippen molar-refractivity contribution in [3.05, 3.63) is 35.6 Å². The molecule has 5 heteroatoms. The molecule has 0 unspecified atom stereocenters. The first-order chi connectivity index (χ1) is 11.9. The molecular weight excluding hydrogens is 316 g/mol. The quantitative estimate of drug-likeness (QED) is 0.925. The molecule has 5 nitrogen and oxygen atoms in total. The summed E-state index contributed by atoms with van der Waals surface area (Å²) in [5.74, 6) is 0.146. The van der Waals surface area contributed by atoms with Crippen LogP contribution in [0.1, 0.15) is 31.9 Å². The zero-order chi connectivity index (χ0) is 18.0. The first kappa shape index (κ1) is 18.0. The van der Waals surface area contributed by atoms with E-state index in [4.69, 9.17) is 9.52 Å². The summed E-state index contributed by atoms with van der Waals surface area (Å²) in [5.41, 5.74) is 3.11. The van der Waals surface area contributed by atoms with Gasteiger partial charge in [0.15, 0.2) is 0 Å². The molecule has 1 aliphatic rings. The van der Waals surface area contributed by atoms with Gasteiger partial charge in [0, 0.05) is 43.7 Å². The van der Waals surface area contributed by atoms with Crippen molar-refractivity contribution in [1.82, 2.24) is 9.80 Å². The summed E-state index contributed by atoms with van der Waals surface area (Å²) in [4.78, 5) is 16.8. The molecule has 1 fully saturated rings. The average Bonchev–Trinajstić information content (AvgIpc) is 2.97. The van der Waals surface area contributed by atoms with Crippen LogP contribution in [0.3, 0.4) is 0 Å². The van der Waals surface area contributed by atoms with E-state index >= 15 is 0 Å². The van der Waals surface area contributed by atoms with E-state index in [1.165, 1.54) is 5.56 Å². The smallest absolute Gasteiger partial charge is 0.227 e. The summed E-state index contributed by atoms with van der Waals surface area (Å²) in [6.07, 6.45) is 2.09. The van der Waals surface area contributed by atoms with Gasteiger partial charge in [-0.05, 0) is 23.1 Å². The third kappa shape index (κ3) is 4.05. The fourth-order valence-corrected chi connectivity index (χ4v) is 3.32. The molecular formula is C20H28N2O3. The van der Waals surface area contributed by atoms with Crippen LogP contribution in [0, 0.1) is 0 Å². The number of carbonyl (C=O) groups excluding carboxylic acids is 1. The third-order valence-electron chi connectivity index (χ3n) is 5.00. The minimum Gasteiger partial charge on any atom is -0.464 e. The average molecular weight is 344 g/mol. The van der Waals surface area contributed by atoms with Gasteiger partial charge in [-0.25, -0.2) is 0 Å². The number of benzene rings is 1. The molecule has 2 aromatic rings. The number of piperazine rings is 1. The first-order valence-electron chi connectivity index (χ1n) is 9.00. The minimum atomic E-state index is 0.0653. The highest BCUT2D eigenvalue weighted by molar-refractivity contribution is 5.88. The van der Waals surface area contributed by atoms with Crippen LogP contribution < -0.4 is 0 Å². The lowest BCUT2D eigenvalue weighted by atomic mass is 9.86. The minimum absolute atomic E-state index is 0.0653. The fraction of sp³-hybridized carbons (Fsp3) is 0.550. The molecule has 0 saturated carbocycles. The number of furan rings is 1. The van der Waals surface area contributed by atoms with Crippen molar-refractivity contribution in [3.8, 4) is 0 Å². The van der Waals surface area contributed by atoms with Gasteiger partial charge < -0.3 is 14.4 Å². The molecule has 0 radical (unpaired) electrons. The number of aliphatic hydroxyl groups excluding tert-OH is 1. The third-order valence-corrected chi connectivity index (χ3v) is 5.00. The lowest BCUT2D eigenvalue weighted by molar-refractivity contribution is -0.132. The molecule has 0 spiro atoms. The summed E-state index contributed by atoms with van der Waals surface area (Å²) >= 11 is 0. The van der Waals surface area contributed by atoms with Crippen LogP contribution in [0.2, 0.25) is 0 Å². The van der Waals surface area contributed by atoms with Gasteiger partial charge in [0.1, 0.15) is 5.58 Å². The molecule has 0 bridgehead atoms. The number of fused-ring (bicyclic) bond motifs is 1. The van der Waals surface area contributed by atoms with E-state index in [0.717, 1.165) is 42.7 Å². The first-order valence-corrected chi connectivity index (χ1v) is 9.00. The maximum atomic E-state index is 12.7. The molecule has 1 saturated heterocycles. The van der Waals surface area contributed by atoms with E-state index in [2.05, 4.69) is 37.8 Å². The van der Waals surface area contributed by atoms with Crippen molar-refractivity contribution in [2.45, 2.75) is 32.6 Å². The van der Waals surface area contributed by atoms with Gasteiger partial charge in [0.25, 0.3) is 0 Å². The lowest BCUT2D eigenvalue weighted by Gasteiger charge is -2.34. The largest absolute Gasteiger partial charge is 0.464 e. The number of aliphatic hydroxyl groups is 1. The Labute approximate surface area is 149 Å². The van der Waals surface area contributed by atoms with Crippen molar-refractivity contribution >= 4 is 16.9 Å². The Morgan fingerprint density at radius 2 is 1.92 bits per heavy atom. The molecule has 3 rings (SSSR count). The molecule has 0 atom stereocenters. The Morgan fingerprint density at radius 3 is 2.56 bits per heavy atom. The Hall–Kier alpha value is -1.85. The normalized spacial score (nSPS) is 16.6. The monoisotopic (exact) mass is 344 g/mol. The summed E-state index contributed by atoms with van der Waals surface area (Å²) in [7, 11) is 0. The zero-order valence-electron chi connectivity index (χ0n) is 15.4. The van der Waals surface area contributed by atoms with Gasteiger partial charge in [0.2, 0.25) is 5.91 Å². The second-order valence-corrected chi connectivity index (χ2v) is 7.84. The van der Waals surface area contributed by atoms with Crippen LogP contribution in [0.5, 0.6) is 0 Å². The van der Waals surface area contributed by atoms with E-state index in [9.17, 15) is 4.79 Å². The SMILES string of the molecule is CC(C)(C)c1ccc2occ(CC(=O)N3CCN(CCO)CC3)c2c1. The summed E-state index contributed by atoms with van der Waals surface area (Å²) in [6.45, 7) is 10.5. The fourth-order valence-electron chi connectivity index (χ4n) is 3.32. The Morgan fingerprint density at radius 1 is 1.20 bits per heavy atom. The molecule has 1 aromatic carbocycles. The molecule has 136 valence electrons.